The van der Waals surface area contributed by atoms with Crippen molar-refractivity contribution in [2.45, 2.75) is 65.0 Å². The third kappa shape index (κ3) is 3.01. The Morgan fingerprint density at radius 1 is 1.55 bits per heavy atom. The van der Waals surface area contributed by atoms with E-state index in [-0.39, 0.29) is 11.6 Å². The molecule has 1 aliphatic rings. The molecule has 0 aromatic carbocycles. The molecule has 0 spiro atoms. The van der Waals surface area contributed by atoms with Crippen LogP contribution in [0.4, 0.5) is 0 Å². The number of ether oxygens (including phenoxy) is 1. The summed E-state index contributed by atoms with van der Waals surface area (Å²) < 4.78 is 6.13. The molecule has 0 aliphatic heterocycles. The first kappa shape index (κ1) is 15.4. The highest BCUT2D eigenvalue weighted by Gasteiger charge is 2.40. The maximum absolute atomic E-state index is 6.13. The van der Waals surface area contributed by atoms with Gasteiger partial charge in [0.2, 0.25) is 0 Å². The van der Waals surface area contributed by atoms with E-state index in [1.165, 1.54) is 12.8 Å². The van der Waals surface area contributed by atoms with Crippen LogP contribution in [0.2, 0.25) is 0 Å². The lowest BCUT2D eigenvalue weighted by Gasteiger charge is -2.38. The zero-order valence-electron chi connectivity index (χ0n) is 13.1. The van der Waals surface area contributed by atoms with Crippen molar-refractivity contribution in [3.05, 3.63) is 23.3 Å². The first-order valence-corrected chi connectivity index (χ1v) is 7.72. The Labute approximate surface area is 122 Å². The zero-order chi connectivity index (χ0) is 14.8. The lowest BCUT2D eigenvalue weighted by atomic mass is 9.78. The van der Waals surface area contributed by atoms with E-state index in [1.807, 2.05) is 27.0 Å². The van der Waals surface area contributed by atoms with Gasteiger partial charge in [-0.2, -0.15) is 0 Å². The van der Waals surface area contributed by atoms with E-state index in [2.05, 4.69) is 11.9 Å². The van der Waals surface area contributed by atoms with Crippen molar-refractivity contribution in [1.82, 2.24) is 9.97 Å². The summed E-state index contributed by atoms with van der Waals surface area (Å²) in [5.41, 5.74) is 7.64. The fourth-order valence-corrected chi connectivity index (χ4v) is 3.32. The Hall–Kier alpha value is -1.00. The highest BCUT2D eigenvalue weighted by Crippen LogP contribution is 2.41. The number of aromatic nitrogens is 2. The fourth-order valence-electron chi connectivity index (χ4n) is 3.32. The van der Waals surface area contributed by atoms with Crippen LogP contribution in [0.25, 0.3) is 0 Å². The Morgan fingerprint density at radius 2 is 2.30 bits per heavy atom. The van der Waals surface area contributed by atoms with E-state index in [9.17, 15) is 0 Å². The minimum Gasteiger partial charge on any atom is -0.367 e. The van der Waals surface area contributed by atoms with Crippen LogP contribution in [-0.4, -0.2) is 16.6 Å². The van der Waals surface area contributed by atoms with Gasteiger partial charge in [0.1, 0.15) is 5.60 Å². The topological polar surface area (TPSA) is 61.0 Å². The first-order chi connectivity index (χ1) is 9.48. The van der Waals surface area contributed by atoms with Gasteiger partial charge < -0.3 is 10.5 Å². The molecule has 1 fully saturated rings. The molecular weight excluding hydrogens is 250 g/mol. The first-order valence-electron chi connectivity index (χ1n) is 7.72. The summed E-state index contributed by atoms with van der Waals surface area (Å²) in [7, 11) is 0. The Kier molecular flexibility index (Phi) is 4.76. The van der Waals surface area contributed by atoms with Crippen molar-refractivity contribution < 1.29 is 4.74 Å². The zero-order valence-corrected chi connectivity index (χ0v) is 13.1. The Bertz CT molecular complexity index is 457. The lowest BCUT2D eigenvalue weighted by molar-refractivity contribution is -0.0882. The monoisotopic (exact) mass is 277 g/mol. The van der Waals surface area contributed by atoms with Gasteiger partial charge >= 0.3 is 0 Å². The van der Waals surface area contributed by atoms with Crippen molar-refractivity contribution >= 4 is 0 Å². The summed E-state index contributed by atoms with van der Waals surface area (Å²) >= 11 is 0. The number of nitrogens with zero attached hydrogens (tertiary/aromatic N) is 2. The summed E-state index contributed by atoms with van der Waals surface area (Å²) in [6.45, 7) is 9.01. The van der Waals surface area contributed by atoms with Crippen LogP contribution in [0.5, 0.6) is 0 Å². The molecule has 1 aliphatic carbocycles. The van der Waals surface area contributed by atoms with Gasteiger partial charge in [-0.15, -0.1) is 0 Å². The predicted octanol–water partition coefficient (Wildman–Crippen LogP) is 3.25. The normalized spacial score (nSPS) is 28.4. The largest absolute Gasteiger partial charge is 0.367 e. The molecule has 1 heterocycles. The number of hydrogen-bond donors (Lipinski definition) is 1. The standard InChI is InChI=1S/C16H27N3O/c1-5-20-16(8-6-7-11(2)9-16)15-18-10-14(12(3)17)13(4)19-15/h10-12H,5-9,17H2,1-4H3/t11?,12-,16?/m0/s1. The average Bonchev–Trinajstić information content (AvgIpc) is 2.38. The highest BCUT2D eigenvalue weighted by molar-refractivity contribution is 5.21. The average molecular weight is 277 g/mol. The van der Waals surface area contributed by atoms with Crippen LogP contribution < -0.4 is 5.73 Å². The minimum absolute atomic E-state index is 0.0302. The van der Waals surface area contributed by atoms with E-state index >= 15 is 0 Å². The van der Waals surface area contributed by atoms with Gasteiger partial charge in [-0.3, -0.25) is 0 Å². The van der Waals surface area contributed by atoms with E-state index in [0.29, 0.717) is 12.5 Å². The molecule has 4 heteroatoms. The van der Waals surface area contributed by atoms with Crippen molar-refractivity contribution in [2.75, 3.05) is 6.61 Å². The molecule has 2 N–H and O–H groups in total. The minimum atomic E-state index is -0.298. The van der Waals surface area contributed by atoms with Crippen molar-refractivity contribution in [1.29, 1.82) is 0 Å². The maximum atomic E-state index is 6.13. The number of rotatable bonds is 4. The molecule has 0 amide bonds. The van der Waals surface area contributed by atoms with E-state index in [4.69, 9.17) is 15.5 Å². The summed E-state index contributed by atoms with van der Waals surface area (Å²) in [5, 5.41) is 0. The second kappa shape index (κ2) is 6.19. The molecule has 1 saturated carbocycles. The Balaban J connectivity index is 2.36. The smallest absolute Gasteiger partial charge is 0.160 e. The van der Waals surface area contributed by atoms with Crippen molar-refractivity contribution in [3.63, 3.8) is 0 Å². The molecule has 1 aromatic heterocycles. The number of aryl methyl sites for hydroxylation is 1. The maximum Gasteiger partial charge on any atom is 0.160 e. The molecule has 4 nitrogen and oxygen atoms in total. The van der Waals surface area contributed by atoms with Gasteiger partial charge in [-0.25, -0.2) is 9.97 Å². The van der Waals surface area contributed by atoms with Gasteiger partial charge in [0.05, 0.1) is 0 Å². The van der Waals surface area contributed by atoms with E-state index < -0.39 is 0 Å². The van der Waals surface area contributed by atoms with Crippen LogP contribution in [-0.2, 0) is 10.3 Å². The molecule has 0 radical (unpaired) electrons. The molecule has 0 bridgehead atoms. The van der Waals surface area contributed by atoms with Crippen LogP contribution in [0.15, 0.2) is 6.20 Å². The molecule has 2 rings (SSSR count). The summed E-state index contributed by atoms with van der Waals surface area (Å²) in [6.07, 6.45) is 6.35. The SMILES string of the molecule is CCOC1(c2ncc([C@H](C)N)c(C)n2)CCCC(C)C1. The van der Waals surface area contributed by atoms with Crippen molar-refractivity contribution in [2.24, 2.45) is 11.7 Å². The van der Waals surface area contributed by atoms with E-state index in [0.717, 1.165) is 29.9 Å². The van der Waals surface area contributed by atoms with Gasteiger partial charge in [-0.1, -0.05) is 13.3 Å². The van der Waals surface area contributed by atoms with Gasteiger partial charge in [0, 0.05) is 30.1 Å². The molecular formula is C16H27N3O. The second-order valence-electron chi connectivity index (χ2n) is 6.15. The molecule has 2 unspecified atom stereocenters. The van der Waals surface area contributed by atoms with Gasteiger partial charge in [0.15, 0.2) is 5.82 Å². The third-order valence-electron chi connectivity index (χ3n) is 4.29. The summed E-state index contributed by atoms with van der Waals surface area (Å²) in [4.78, 5) is 9.32. The summed E-state index contributed by atoms with van der Waals surface area (Å²) in [5.74, 6) is 1.50. The number of nitrogens with two attached hydrogens (primary N) is 1. The second-order valence-corrected chi connectivity index (χ2v) is 6.15. The van der Waals surface area contributed by atoms with Gasteiger partial charge in [0.25, 0.3) is 0 Å². The molecule has 112 valence electrons. The van der Waals surface area contributed by atoms with Crippen LogP contribution in [0, 0.1) is 12.8 Å². The van der Waals surface area contributed by atoms with E-state index in [1.54, 1.807) is 0 Å². The highest BCUT2D eigenvalue weighted by atomic mass is 16.5. The van der Waals surface area contributed by atoms with Crippen molar-refractivity contribution in [3.8, 4) is 0 Å². The quantitative estimate of drug-likeness (QED) is 0.917. The number of hydrogen-bond acceptors (Lipinski definition) is 4. The third-order valence-corrected chi connectivity index (χ3v) is 4.29. The molecule has 0 saturated heterocycles. The molecule has 1 aromatic rings. The molecule has 20 heavy (non-hydrogen) atoms. The lowest BCUT2D eigenvalue weighted by Crippen LogP contribution is -2.37. The van der Waals surface area contributed by atoms with Crippen LogP contribution in [0.1, 0.15) is 69.6 Å². The summed E-state index contributed by atoms with van der Waals surface area (Å²) in [6, 6.07) is -0.0302. The molecule has 3 atom stereocenters. The van der Waals surface area contributed by atoms with Crippen LogP contribution >= 0.6 is 0 Å². The van der Waals surface area contributed by atoms with Crippen LogP contribution in [0.3, 0.4) is 0 Å². The van der Waals surface area contributed by atoms with Gasteiger partial charge in [-0.05, 0) is 46.0 Å². The predicted molar refractivity (Wildman–Crippen MR) is 80.3 cm³/mol. The fraction of sp³-hybridized carbons (Fsp3) is 0.750. The Morgan fingerprint density at radius 3 is 2.85 bits per heavy atom.